The van der Waals surface area contributed by atoms with Crippen LogP contribution in [-0.2, 0) is 0 Å². The molecule has 5 heteroatoms. The molecule has 17 heavy (non-hydrogen) atoms. The molecule has 0 saturated carbocycles. The highest BCUT2D eigenvalue weighted by Gasteiger charge is 2.15. The summed E-state index contributed by atoms with van der Waals surface area (Å²) in [5.41, 5.74) is 5.00. The lowest BCUT2D eigenvalue weighted by atomic mass is 9.99. The van der Waals surface area contributed by atoms with Crippen LogP contribution in [0.1, 0.15) is 38.3 Å². The van der Waals surface area contributed by atoms with Gasteiger partial charge in [0.15, 0.2) is 0 Å². The van der Waals surface area contributed by atoms with Gasteiger partial charge in [0, 0.05) is 24.0 Å². The van der Waals surface area contributed by atoms with Crippen molar-refractivity contribution in [2.45, 2.75) is 32.7 Å². The Balaban J connectivity index is 2.24. The van der Waals surface area contributed by atoms with Gasteiger partial charge >= 0.3 is 0 Å². The minimum atomic E-state index is 0.138. The first-order chi connectivity index (χ1) is 8.22. The van der Waals surface area contributed by atoms with E-state index in [0.29, 0.717) is 5.92 Å². The molecule has 2 aromatic rings. The summed E-state index contributed by atoms with van der Waals surface area (Å²) in [6.45, 7) is 4.43. The van der Waals surface area contributed by atoms with Crippen molar-refractivity contribution in [3.8, 4) is 0 Å². The van der Waals surface area contributed by atoms with E-state index in [1.807, 2.05) is 23.1 Å². The number of nitrogens with two attached hydrogens (primary N) is 1. The minimum absolute atomic E-state index is 0.138. The lowest BCUT2D eigenvalue weighted by molar-refractivity contribution is 0.450. The lowest BCUT2D eigenvalue weighted by Crippen LogP contribution is -2.28. The van der Waals surface area contributed by atoms with Crippen LogP contribution in [0, 0.1) is 5.92 Å². The maximum absolute atomic E-state index is 5.63. The molecule has 92 valence electrons. The van der Waals surface area contributed by atoms with Crippen LogP contribution in [0.3, 0.4) is 0 Å². The van der Waals surface area contributed by atoms with Gasteiger partial charge in [0.05, 0.1) is 17.9 Å². The smallest absolute Gasteiger partial charge is 0.0893 e. The first-order valence-corrected chi connectivity index (χ1v) is 5.95. The fourth-order valence-corrected chi connectivity index (χ4v) is 1.95. The molecule has 2 aromatic heterocycles. The molecule has 0 aliphatic carbocycles. The van der Waals surface area contributed by atoms with Crippen molar-refractivity contribution in [3.63, 3.8) is 0 Å². The van der Waals surface area contributed by atoms with Crippen LogP contribution in [0.15, 0.2) is 24.8 Å². The van der Waals surface area contributed by atoms with Gasteiger partial charge in [-0.1, -0.05) is 13.8 Å². The van der Waals surface area contributed by atoms with Crippen molar-refractivity contribution >= 4 is 5.52 Å². The van der Waals surface area contributed by atoms with Crippen molar-refractivity contribution < 1.29 is 0 Å². The van der Waals surface area contributed by atoms with Crippen LogP contribution in [0.4, 0.5) is 0 Å². The van der Waals surface area contributed by atoms with Gasteiger partial charge in [-0.2, -0.15) is 5.10 Å². The fraction of sp³-hybridized carbons (Fsp3) is 0.500. The predicted molar refractivity (Wildman–Crippen MR) is 67.1 cm³/mol. The molecule has 2 rings (SSSR count). The van der Waals surface area contributed by atoms with E-state index in [4.69, 9.17) is 5.84 Å². The number of hydrogen-bond acceptors (Lipinski definition) is 4. The number of aromatic nitrogens is 3. The molecular formula is C12H19N5. The van der Waals surface area contributed by atoms with E-state index in [9.17, 15) is 0 Å². The Morgan fingerprint density at radius 3 is 2.88 bits per heavy atom. The average Bonchev–Trinajstić information content (AvgIpc) is 2.74. The first-order valence-electron chi connectivity index (χ1n) is 5.95. The number of nitrogens with zero attached hydrogens (tertiary/aromatic N) is 3. The monoisotopic (exact) mass is 233 g/mol. The summed E-state index contributed by atoms with van der Waals surface area (Å²) in [5.74, 6) is 6.31. The van der Waals surface area contributed by atoms with Crippen LogP contribution in [0.25, 0.3) is 5.52 Å². The van der Waals surface area contributed by atoms with Crippen molar-refractivity contribution in [3.05, 3.63) is 30.4 Å². The van der Waals surface area contributed by atoms with Gasteiger partial charge < -0.3 is 0 Å². The fourth-order valence-electron chi connectivity index (χ4n) is 1.95. The summed E-state index contributed by atoms with van der Waals surface area (Å²) in [7, 11) is 0. The van der Waals surface area contributed by atoms with Gasteiger partial charge in [-0.3, -0.25) is 16.3 Å². The Hall–Kier alpha value is -1.46. The Kier molecular flexibility index (Phi) is 3.71. The quantitative estimate of drug-likeness (QED) is 0.609. The third-order valence-corrected chi connectivity index (χ3v) is 2.96. The minimum Gasteiger partial charge on any atom is -0.271 e. The van der Waals surface area contributed by atoms with Crippen LogP contribution in [0.5, 0.6) is 0 Å². The normalized spacial score (nSPS) is 13.4. The highest BCUT2D eigenvalue weighted by Crippen LogP contribution is 2.23. The maximum atomic E-state index is 5.63. The SMILES string of the molecule is CC(C)CCC(NN)c1cnn2ccncc12. The van der Waals surface area contributed by atoms with E-state index < -0.39 is 0 Å². The molecule has 0 radical (unpaired) electrons. The number of rotatable bonds is 5. The summed E-state index contributed by atoms with van der Waals surface area (Å²) in [6, 6.07) is 0.138. The Morgan fingerprint density at radius 1 is 1.35 bits per heavy atom. The Bertz CT molecular complexity index is 476. The molecule has 0 amide bonds. The Labute approximate surface area is 101 Å². The summed E-state index contributed by atoms with van der Waals surface area (Å²) in [5, 5.41) is 4.30. The van der Waals surface area contributed by atoms with Gasteiger partial charge in [0.1, 0.15) is 0 Å². The molecule has 1 unspecified atom stereocenters. The molecule has 0 bridgehead atoms. The van der Waals surface area contributed by atoms with E-state index in [1.165, 1.54) is 0 Å². The second kappa shape index (κ2) is 5.25. The third kappa shape index (κ3) is 2.62. The molecule has 3 N–H and O–H groups in total. The van der Waals surface area contributed by atoms with Gasteiger partial charge in [-0.15, -0.1) is 0 Å². The van der Waals surface area contributed by atoms with Crippen molar-refractivity contribution in [1.82, 2.24) is 20.0 Å². The van der Waals surface area contributed by atoms with E-state index in [-0.39, 0.29) is 6.04 Å². The summed E-state index contributed by atoms with van der Waals surface area (Å²) < 4.78 is 1.82. The number of nitrogens with one attached hydrogen (secondary N) is 1. The highest BCUT2D eigenvalue weighted by atomic mass is 15.3. The summed E-state index contributed by atoms with van der Waals surface area (Å²) >= 11 is 0. The summed E-state index contributed by atoms with van der Waals surface area (Å²) in [4.78, 5) is 4.13. The van der Waals surface area contributed by atoms with E-state index in [0.717, 1.165) is 23.9 Å². The van der Waals surface area contributed by atoms with E-state index in [2.05, 4.69) is 29.4 Å². The third-order valence-electron chi connectivity index (χ3n) is 2.96. The number of hydrazine groups is 1. The topological polar surface area (TPSA) is 68.2 Å². The first kappa shape index (κ1) is 12.0. The predicted octanol–water partition coefficient (Wildman–Crippen LogP) is 1.67. The molecule has 2 heterocycles. The zero-order valence-electron chi connectivity index (χ0n) is 10.3. The number of hydrogen-bond donors (Lipinski definition) is 2. The van der Waals surface area contributed by atoms with Crippen LogP contribution < -0.4 is 11.3 Å². The molecule has 0 aliphatic heterocycles. The van der Waals surface area contributed by atoms with Crippen LogP contribution >= 0.6 is 0 Å². The molecule has 0 fully saturated rings. The van der Waals surface area contributed by atoms with Crippen molar-refractivity contribution in [2.24, 2.45) is 11.8 Å². The van der Waals surface area contributed by atoms with Crippen molar-refractivity contribution in [2.75, 3.05) is 0 Å². The van der Waals surface area contributed by atoms with E-state index >= 15 is 0 Å². The van der Waals surface area contributed by atoms with E-state index in [1.54, 1.807) is 6.20 Å². The zero-order chi connectivity index (χ0) is 12.3. The average molecular weight is 233 g/mol. The molecule has 0 aromatic carbocycles. The molecule has 0 saturated heterocycles. The molecule has 5 nitrogen and oxygen atoms in total. The second-order valence-corrected chi connectivity index (χ2v) is 4.70. The maximum Gasteiger partial charge on any atom is 0.0893 e. The number of fused-ring (bicyclic) bond motifs is 1. The zero-order valence-corrected chi connectivity index (χ0v) is 10.3. The second-order valence-electron chi connectivity index (χ2n) is 4.70. The molecule has 1 atom stereocenters. The lowest BCUT2D eigenvalue weighted by Gasteiger charge is -2.15. The van der Waals surface area contributed by atoms with Crippen LogP contribution in [-0.4, -0.2) is 14.6 Å². The highest BCUT2D eigenvalue weighted by molar-refractivity contribution is 5.53. The standard InChI is InChI=1S/C12H19N5/c1-9(2)3-4-11(16-13)10-7-15-17-6-5-14-8-12(10)17/h5-9,11,16H,3-4,13H2,1-2H3. The van der Waals surface area contributed by atoms with Crippen LogP contribution in [0.2, 0.25) is 0 Å². The molecule has 0 aliphatic rings. The van der Waals surface area contributed by atoms with Gasteiger partial charge in [-0.05, 0) is 18.8 Å². The molecule has 0 spiro atoms. The van der Waals surface area contributed by atoms with Gasteiger partial charge in [0.25, 0.3) is 0 Å². The van der Waals surface area contributed by atoms with Gasteiger partial charge in [0.2, 0.25) is 0 Å². The largest absolute Gasteiger partial charge is 0.271 e. The Morgan fingerprint density at radius 2 is 2.18 bits per heavy atom. The van der Waals surface area contributed by atoms with Gasteiger partial charge in [-0.25, -0.2) is 4.52 Å². The summed E-state index contributed by atoms with van der Waals surface area (Å²) in [6.07, 6.45) is 9.39. The molecular weight excluding hydrogens is 214 g/mol. The van der Waals surface area contributed by atoms with Crippen molar-refractivity contribution in [1.29, 1.82) is 0 Å².